The van der Waals surface area contributed by atoms with E-state index < -0.39 is 15.8 Å². The Hall–Kier alpha value is -0.980. The zero-order chi connectivity index (χ0) is 12.9. The highest BCUT2D eigenvalue weighted by molar-refractivity contribution is 7.89. The Labute approximate surface area is 101 Å². The molecule has 0 saturated heterocycles. The maximum atomic E-state index is 13.3. The first-order valence-corrected chi connectivity index (χ1v) is 6.80. The van der Waals surface area contributed by atoms with Gasteiger partial charge in [-0.2, -0.15) is 0 Å². The molecule has 1 rings (SSSR count). The fraction of sp³-hybridized carbons (Fsp3) is 0.455. The van der Waals surface area contributed by atoms with Crippen LogP contribution in [0.2, 0.25) is 0 Å². The number of sulfonamides is 1. The van der Waals surface area contributed by atoms with Crippen molar-refractivity contribution < 1.29 is 17.9 Å². The molecule has 0 fully saturated rings. The van der Waals surface area contributed by atoms with E-state index in [0.717, 1.165) is 6.07 Å². The van der Waals surface area contributed by atoms with E-state index in [-0.39, 0.29) is 24.0 Å². The van der Waals surface area contributed by atoms with Gasteiger partial charge in [0.2, 0.25) is 10.0 Å². The summed E-state index contributed by atoms with van der Waals surface area (Å²) in [6.07, 6.45) is 0.500. The standard InChI is InChI=1S/C11H16FNO3S/c1-9(6-7-14)8-13-17(15,16)11-5-3-2-4-10(11)12/h2-5,9,13-14H,6-8H2,1H3. The molecule has 0 saturated carbocycles. The molecule has 0 radical (unpaired) electrons. The van der Waals surface area contributed by atoms with Gasteiger partial charge in [-0.25, -0.2) is 17.5 Å². The van der Waals surface area contributed by atoms with Gasteiger partial charge < -0.3 is 5.11 Å². The lowest BCUT2D eigenvalue weighted by atomic mass is 10.1. The zero-order valence-corrected chi connectivity index (χ0v) is 10.4. The molecule has 0 bridgehead atoms. The number of nitrogens with one attached hydrogen (secondary N) is 1. The van der Waals surface area contributed by atoms with Gasteiger partial charge in [-0.15, -0.1) is 0 Å². The molecule has 0 aromatic heterocycles. The molecule has 1 aromatic carbocycles. The van der Waals surface area contributed by atoms with Crippen molar-refractivity contribution in [3.8, 4) is 0 Å². The predicted octanol–water partition coefficient (Wildman–Crippen LogP) is 1.12. The van der Waals surface area contributed by atoms with Crippen molar-refractivity contribution in [2.75, 3.05) is 13.2 Å². The maximum absolute atomic E-state index is 13.3. The van der Waals surface area contributed by atoms with Crippen molar-refractivity contribution in [3.63, 3.8) is 0 Å². The molecule has 0 amide bonds. The Morgan fingerprint density at radius 2 is 2.06 bits per heavy atom. The van der Waals surface area contributed by atoms with Crippen molar-refractivity contribution >= 4 is 10.0 Å². The van der Waals surface area contributed by atoms with Gasteiger partial charge in [-0.05, 0) is 24.5 Å². The van der Waals surface area contributed by atoms with Gasteiger partial charge in [-0.1, -0.05) is 19.1 Å². The normalized spacial score (nSPS) is 13.6. The second-order valence-electron chi connectivity index (χ2n) is 3.90. The number of benzene rings is 1. The Bertz CT molecular complexity index is 462. The third-order valence-electron chi connectivity index (χ3n) is 2.37. The number of halogens is 1. The van der Waals surface area contributed by atoms with Gasteiger partial charge in [0.05, 0.1) is 0 Å². The highest BCUT2D eigenvalue weighted by atomic mass is 32.2. The molecular weight excluding hydrogens is 245 g/mol. The summed E-state index contributed by atoms with van der Waals surface area (Å²) in [5.74, 6) is -0.767. The first-order chi connectivity index (χ1) is 7.97. The summed E-state index contributed by atoms with van der Waals surface area (Å²) in [4.78, 5) is -0.351. The number of hydrogen-bond acceptors (Lipinski definition) is 3. The predicted molar refractivity (Wildman–Crippen MR) is 62.5 cm³/mol. The van der Waals surface area contributed by atoms with Crippen LogP contribution in [-0.4, -0.2) is 26.7 Å². The van der Waals surface area contributed by atoms with Gasteiger partial charge in [0.1, 0.15) is 10.7 Å². The van der Waals surface area contributed by atoms with Gasteiger partial charge in [0.25, 0.3) is 0 Å². The SMILES string of the molecule is CC(CCO)CNS(=O)(=O)c1ccccc1F. The quantitative estimate of drug-likeness (QED) is 0.806. The molecule has 1 unspecified atom stereocenters. The maximum Gasteiger partial charge on any atom is 0.243 e. The van der Waals surface area contributed by atoms with Gasteiger partial charge in [-0.3, -0.25) is 0 Å². The lowest BCUT2D eigenvalue weighted by Gasteiger charge is -2.11. The summed E-state index contributed by atoms with van der Waals surface area (Å²) < 4.78 is 39.1. The van der Waals surface area contributed by atoms with E-state index in [1.54, 1.807) is 6.92 Å². The number of aliphatic hydroxyl groups is 1. The number of hydrogen-bond donors (Lipinski definition) is 2. The minimum Gasteiger partial charge on any atom is -0.396 e. The van der Waals surface area contributed by atoms with Crippen LogP contribution in [0.5, 0.6) is 0 Å². The van der Waals surface area contributed by atoms with E-state index in [1.165, 1.54) is 18.2 Å². The topological polar surface area (TPSA) is 66.4 Å². The summed E-state index contributed by atoms with van der Waals surface area (Å²) in [6, 6.07) is 5.22. The summed E-state index contributed by atoms with van der Waals surface area (Å²) in [7, 11) is -3.81. The molecule has 17 heavy (non-hydrogen) atoms. The summed E-state index contributed by atoms with van der Waals surface area (Å²) in [6.45, 7) is 1.99. The minimum atomic E-state index is -3.81. The molecule has 0 aliphatic heterocycles. The van der Waals surface area contributed by atoms with E-state index in [1.807, 2.05) is 0 Å². The monoisotopic (exact) mass is 261 g/mol. The second kappa shape index (κ2) is 6.09. The number of aliphatic hydroxyl groups excluding tert-OH is 1. The molecule has 96 valence electrons. The molecule has 1 atom stereocenters. The smallest absolute Gasteiger partial charge is 0.243 e. The van der Waals surface area contributed by atoms with Crippen LogP contribution in [0.3, 0.4) is 0 Å². The van der Waals surface area contributed by atoms with Crippen LogP contribution in [0, 0.1) is 11.7 Å². The van der Waals surface area contributed by atoms with Gasteiger partial charge in [0, 0.05) is 13.2 Å². The van der Waals surface area contributed by atoms with Crippen molar-refractivity contribution in [3.05, 3.63) is 30.1 Å². The van der Waals surface area contributed by atoms with Crippen LogP contribution < -0.4 is 4.72 Å². The van der Waals surface area contributed by atoms with Crippen LogP contribution in [-0.2, 0) is 10.0 Å². The van der Waals surface area contributed by atoms with E-state index in [9.17, 15) is 12.8 Å². The van der Waals surface area contributed by atoms with Crippen molar-refractivity contribution in [2.45, 2.75) is 18.2 Å². The van der Waals surface area contributed by atoms with Crippen LogP contribution in [0.4, 0.5) is 4.39 Å². The van der Waals surface area contributed by atoms with Crippen molar-refractivity contribution in [2.24, 2.45) is 5.92 Å². The largest absolute Gasteiger partial charge is 0.396 e. The molecule has 0 heterocycles. The minimum absolute atomic E-state index is 0.00143. The van der Waals surface area contributed by atoms with Crippen molar-refractivity contribution in [1.82, 2.24) is 4.72 Å². The first-order valence-electron chi connectivity index (χ1n) is 5.32. The Balaban J connectivity index is 2.73. The molecule has 0 aliphatic rings. The summed E-state index contributed by atoms with van der Waals surface area (Å²) in [5, 5.41) is 8.69. The first kappa shape index (κ1) is 14.1. The highest BCUT2D eigenvalue weighted by Crippen LogP contribution is 2.13. The van der Waals surface area contributed by atoms with Crippen LogP contribution in [0.25, 0.3) is 0 Å². The summed E-state index contributed by atoms with van der Waals surface area (Å²) >= 11 is 0. The van der Waals surface area contributed by atoms with E-state index in [4.69, 9.17) is 5.11 Å². The summed E-state index contributed by atoms with van der Waals surface area (Å²) in [5.41, 5.74) is 0. The van der Waals surface area contributed by atoms with E-state index in [0.29, 0.717) is 6.42 Å². The van der Waals surface area contributed by atoms with Gasteiger partial charge in [0.15, 0.2) is 0 Å². The Kier molecular flexibility index (Phi) is 5.04. The molecular formula is C11H16FNO3S. The zero-order valence-electron chi connectivity index (χ0n) is 9.56. The van der Waals surface area contributed by atoms with Crippen LogP contribution in [0.15, 0.2) is 29.2 Å². The lowest BCUT2D eigenvalue weighted by molar-refractivity contribution is 0.263. The fourth-order valence-corrected chi connectivity index (χ4v) is 2.56. The molecule has 1 aromatic rings. The third-order valence-corrected chi connectivity index (χ3v) is 3.83. The molecule has 0 spiro atoms. The lowest BCUT2D eigenvalue weighted by Crippen LogP contribution is -2.29. The Morgan fingerprint density at radius 3 is 2.65 bits per heavy atom. The third kappa shape index (κ3) is 4.07. The fourth-order valence-electron chi connectivity index (χ4n) is 1.31. The average molecular weight is 261 g/mol. The number of rotatable bonds is 6. The van der Waals surface area contributed by atoms with Crippen LogP contribution in [0.1, 0.15) is 13.3 Å². The highest BCUT2D eigenvalue weighted by Gasteiger charge is 2.18. The molecule has 4 nitrogen and oxygen atoms in total. The van der Waals surface area contributed by atoms with Crippen LogP contribution >= 0.6 is 0 Å². The Morgan fingerprint density at radius 1 is 1.41 bits per heavy atom. The average Bonchev–Trinajstić information content (AvgIpc) is 2.27. The van der Waals surface area contributed by atoms with E-state index >= 15 is 0 Å². The molecule has 2 N–H and O–H groups in total. The molecule has 0 aliphatic carbocycles. The van der Waals surface area contributed by atoms with Gasteiger partial charge >= 0.3 is 0 Å². The van der Waals surface area contributed by atoms with E-state index in [2.05, 4.69) is 4.72 Å². The van der Waals surface area contributed by atoms with Crippen molar-refractivity contribution in [1.29, 1.82) is 0 Å². The molecule has 6 heteroatoms. The second-order valence-corrected chi connectivity index (χ2v) is 5.64.